The van der Waals surface area contributed by atoms with E-state index in [2.05, 4.69) is 0 Å². The predicted molar refractivity (Wildman–Crippen MR) is 125 cm³/mol. The van der Waals surface area contributed by atoms with E-state index in [0.717, 1.165) is 33.0 Å². The second-order valence-electron chi connectivity index (χ2n) is 8.59. The Morgan fingerprint density at radius 1 is 1.00 bits per heavy atom. The molecule has 3 aromatic rings. The minimum Gasteiger partial charge on any atom is -0.475 e. The van der Waals surface area contributed by atoms with Crippen molar-refractivity contribution in [3.8, 4) is 16.9 Å². The Labute approximate surface area is 204 Å². The van der Waals surface area contributed by atoms with Crippen LogP contribution in [-0.4, -0.2) is 69.0 Å². The van der Waals surface area contributed by atoms with Crippen molar-refractivity contribution in [2.75, 3.05) is 19.8 Å². The number of hydrogen-bond acceptors (Lipinski definition) is 9. The fourth-order valence-electron chi connectivity index (χ4n) is 4.66. The van der Waals surface area contributed by atoms with E-state index in [1.807, 2.05) is 53.5 Å². The highest BCUT2D eigenvalue weighted by Gasteiger charge is 2.44. The van der Waals surface area contributed by atoms with Gasteiger partial charge in [-0.25, -0.2) is 9.59 Å². The van der Waals surface area contributed by atoms with Gasteiger partial charge in [-0.1, -0.05) is 48.5 Å². The summed E-state index contributed by atoms with van der Waals surface area (Å²) in [7, 11) is 0. The van der Waals surface area contributed by atoms with Crippen LogP contribution in [0.3, 0.4) is 0 Å². The first kappa shape index (κ1) is 23.9. The van der Waals surface area contributed by atoms with E-state index < -0.39 is 55.0 Å². The molecule has 0 bridgehead atoms. The summed E-state index contributed by atoms with van der Waals surface area (Å²) < 4.78 is 16.9. The number of esters is 1. The van der Waals surface area contributed by atoms with Crippen LogP contribution < -0.4 is 16.0 Å². The summed E-state index contributed by atoms with van der Waals surface area (Å²) in [5.74, 6) is -1.25. The van der Waals surface area contributed by atoms with Gasteiger partial charge in [-0.3, -0.25) is 14.3 Å². The maximum Gasteiger partial charge on any atom is 0.344 e. The number of benzene rings is 2. The van der Waals surface area contributed by atoms with Gasteiger partial charge in [-0.15, -0.1) is 0 Å². The number of aromatic nitrogens is 2. The van der Waals surface area contributed by atoms with Gasteiger partial charge in [0.25, 0.3) is 5.56 Å². The maximum atomic E-state index is 12.4. The van der Waals surface area contributed by atoms with Crippen molar-refractivity contribution in [1.82, 2.24) is 9.55 Å². The monoisotopic (exact) mass is 496 g/mol. The minimum absolute atomic E-state index is 0.0780. The highest BCUT2D eigenvalue weighted by molar-refractivity contribution is 5.79. The molecule has 2 heterocycles. The van der Waals surface area contributed by atoms with E-state index in [1.54, 1.807) is 0 Å². The third-order valence-electron chi connectivity index (χ3n) is 6.45. The lowest BCUT2D eigenvalue weighted by atomic mass is 9.98. The Balaban J connectivity index is 1.26. The maximum absolute atomic E-state index is 12.4. The lowest BCUT2D eigenvalue weighted by molar-refractivity contribution is -0.146. The van der Waals surface area contributed by atoms with Gasteiger partial charge in [0, 0.05) is 5.92 Å². The quantitative estimate of drug-likeness (QED) is 0.327. The number of H-pyrrole nitrogens is 1. The number of fused-ring (bicyclic) bond motifs is 3. The van der Waals surface area contributed by atoms with E-state index in [1.165, 1.54) is 0 Å². The standard InChI is InChI=1S/C25H24N2O9/c28-10-19-21(30)22(31)24(36-19)27-9-18(23(32)26-25(27)33)34-12-20(29)35-11-17-15-7-3-1-5-13(15)14-6-2-4-8-16(14)17/h1-9,17,19,21-22,24,28,30-31H,10-12H2,(H,26,32,33)/t19-,21-,22-,24-/m1/s1. The van der Waals surface area contributed by atoms with Gasteiger partial charge in [0.1, 0.15) is 24.9 Å². The predicted octanol–water partition coefficient (Wildman–Crippen LogP) is -0.117. The number of carbonyl (C=O) groups excluding carboxylic acids is 1. The lowest BCUT2D eigenvalue weighted by Crippen LogP contribution is -2.38. The fraction of sp³-hybridized carbons (Fsp3) is 0.320. The summed E-state index contributed by atoms with van der Waals surface area (Å²) in [5, 5.41) is 29.4. The second-order valence-corrected chi connectivity index (χ2v) is 8.59. The van der Waals surface area contributed by atoms with Crippen molar-refractivity contribution < 1.29 is 34.3 Å². The molecule has 36 heavy (non-hydrogen) atoms. The molecule has 11 nitrogen and oxygen atoms in total. The fourth-order valence-corrected chi connectivity index (χ4v) is 4.66. The molecule has 2 aliphatic rings. The number of hydrogen-bond donors (Lipinski definition) is 4. The van der Waals surface area contributed by atoms with Crippen LogP contribution >= 0.6 is 0 Å². The smallest absolute Gasteiger partial charge is 0.344 e. The molecule has 1 aliphatic heterocycles. The summed E-state index contributed by atoms with van der Waals surface area (Å²) in [6.07, 6.45) is -4.50. The van der Waals surface area contributed by atoms with Gasteiger partial charge in [0.05, 0.1) is 12.8 Å². The van der Waals surface area contributed by atoms with Crippen LogP contribution in [0.5, 0.6) is 5.75 Å². The van der Waals surface area contributed by atoms with E-state index in [4.69, 9.17) is 14.2 Å². The third kappa shape index (κ3) is 4.22. The molecule has 1 saturated heterocycles. The van der Waals surface area contributed by atoms with E-state index in [0.29, 0.717) is 0 Å². The van der Waals surface area contributed by atoms with E-state index >= 15 is 0 Å². The SMILES string of the molecule is O=C(COc1cn([C@@H]2O[C@H](CO)[C@@H](O)[C@H]2O)c(=O)[nH]c1=O)OCC1c2ccccc2-c2ccccc21. The molecule has 2 aromatic carbocycles. The van der Waals surface area contributed by atoms with Gasteiger partial charge in [-0.05, 0) is 22.3 Å². The zero-order valence-electron chi connectivity index (χ0n) is 18.9. The Kier molecular flexibility index (Phi) is 6.46. The van der Waals surface area contributed by atoms with Crippen molar-refractivity contribution in [3.63, 3.8) is 0 Å². The summed E-state index contributed by atoms with van der Waals surface area (Å²) in [4.78, 5) is 38.9. The molecule has 0 saturated carbocycles. The zero-order valence-corrected chi connectivity index (χ0v) is 18.9. The number of nitrogens with one attached hydrogen (secondary N) is 1. The normalized spacial score (nSPS) is 22.8. The molecule has 188 valence electrons. The van der Waals surface area contributed by atoms with Crippen LogP contribution in [0.4, 0.5) is 0 Å². The molecule has 0 amide bonds. The average Bonchev–Trinajstić information content (AvgIpc) is 3.36. The van der Waals surface area contributed by atoms with Gasteiger partial charge in [0.15, 0.2) is 12.8 Å². The van der Waals surface area contributed by atoms with Crippen LogP contribution in [0.1, 0.15) is 23.3 Å². The van der Waals surface area contributed by atoms with Crippen LogP contribution in [0.25, 0.3) is 11.1 Å². The first-order valence-electron chi connectivity index (χ1n) is 11.3. The molecule has 11 heteroatoms. The van der Waals surface area contributed by atoms with Crippen LogP contribution in [0.2, 0.25) is 0 Å². The van der Waals surface area contributed by atoms with Crippen molar-refractivity contribution >= 4 is 5.97 Å². The van der Waals surface area contributed by atoms with Crippen molar-refractivity contribution in [3.05, 3.63) is 86.7 Å². The van der Waals surface area contributed by atoms with Crippen LogP contribution in [-0.2, 0) is 14.3 Å². The third-order valence-corrected chi connectivity index (χ3v) is 6.45. The molecule has 0 radical (unpaired) electrons. The number of ether oxygens (including phenoxy) is 3. The molecular formula is C25H24N2O9. The number of aromatic amines is 1. The minimum atomic E-state index is -1.54. The highest BCUT2D eigenvalue weighted by Crippen LogP contribution is 2.44. The van der Waals surface area contributed by atoms with Gasteiger partial charge in [0.2, 0.25) is 5.75 Å². The zero-order chi connectivity index (χ0) is 25.4. The summed E-state index contributed by atoms with van der Waals surface area (Å²) >= 11 is 0. The molecule has 0 unspecified atom stereocenters. The van der Waals surface area contributed by atoms with Crippen molar-refractivity contribution in [2.45, 2.75) is 30.5 Å². The van der Waals surface area contributed by atoms with E-state index in [9.17, 15) is 29.7 Å². The second kappa shape index (κ2) is 9.70. The van der Waals surface area contributed by atoms with E-state index in [-0.39, 0.29) is 18.3 Å². The van der Waals surface area contributed by atoms with Gasteiger partial charge in [-0.2, -0.15) is 0 Å². The molecule has 5 rings (SSSR count). The number of aliphatic hydroxyl groups excluding tert-OH is 3. The molecule has 4 N–H and O–H groups in total. The highest BCUT2D eigenvalue weighted by atomic mass is 16.6. The molecule has 1 fully saturated rings. The molecular weight excluding hydrogens is 472 g/mol. The molecule has 1 aromatic heterocycles. The van der Waals surface area contributed by atoms with Crippen LogP contribution in [0, 0.1) is 0 Å². The Morgan fingerprint density at radius 2 is 1.64 bits per heavy atom. The Hall–Kier alpha value is -3.77. The van der Waals surface area contributed by atoms with Crippen molar-refractivity contribution in [2.24, 2.45) is 0 Å². The average molecular weight is 496 g/mol. The summed E-state index contributed by atoms with van der Waals surface area (Å²) in [6.45, 7) is -1.11. The van der Waals surface area contributed by atoms with Crippen LogP contribution in [0.15, 0.2) is 64.3 Å². The van der Waals surface area contributed by atoms with Crippen molar-refractivity contribution in [1.29, 1.82) is 0 Å². The Bertz CT molecular complexity index is 1350. The number of rotatable bonds is 7. The first-order chi connectivity index (χ1) is 17.4. The number of carbonyl (C=O) groups is 1. The number of aliphatic hydroxyl groups is 3. The molecule has 0 spiro atoms. The molecule has 1 aliphatic carbocycles. The summed E-state index contributed by atoms with van der Waals surface area (Å²) in [5.41, 5.74) is 2.45. The first-order valence-corrected chi connectivity index (χ1v) is 11.3. The Morgan fingerprint density at radius 3 is 2.25 bits per heavy atom. The van der Waals surface area contributed by atoms with Gasteiger partial charge >= 0.3 is 11.7 Å². The molecule has 4 atom stereocenters. The lowest BCUT2D eigenvalue weighted by Gasteiger charge is -2.18. The largest absolute Gasteiger partial charge is 0.475 e. The van der Waals surface area contributed by atoms with Gasteiger partial charge < -0.3 is 29.5 Å². The summed E-state index contributed by atoms with van der Waals surface area (Å²) in [6, 6.07) is 15.8. The number of nitrogens with zero attached hydrogens (tertiary/aromatic N) is 1. The topological polar surface area (TPSA) is 160 Å².